The van der Waals surface area contributed by atoms with E-state index < -0.39 is 0 Å². The lowest BCUT2D eigenvalue weighted by molar-refractivity contribution is 0.111. The molecule has 2 aromatic rings. The van der Waals surface area contributed by atoms with Gasteiger partial charge in [0.1, 0.15) is 18.7 Å². The topological polar surface area (TPSA) is 57.0 Å². The van der Waals surface area contributed by atoms with Gasteiger partial charge in [-0.1, -0.05) is 17.7 Å². The lowest BCUT2D eigenvalue weighted by atomic mass is 10.2. The van der Waals surface area contributed by atoms with Crippen molar-refractivity contribution in [1.29, 1.82) is 0 Å². The Hall–Kier alpha value is -1.88. The fraction of sp³-hybridized carbons (Fsp3) is 0.182. The molecule has 0 spiro atoms. The standard InChI is InChI=1S/C11H10ClN3O2/c1-15-10(13-7-14-15)6-17-11-8(5-16)3-2-4-9(11)12/h2-5,7H,6H2,1H3. The Morgan fingerprint density at radius 3 is 3.00 bits per heavy atom. The van der Waals surface area contributed by atoms with Gasteiger partial charge in [-0.25, -0.2) is 4.98 Å². The molecule has 0 amide bonds. The Balaban J connectivity index is 2.19. The number of carbonyl (C=O) groups excluding carboxylic acids is 1. The number of carbonyl (C=O) groups is 1. The summed E-state index contributed by atoms with van der Waals surface area (Å²) in [5.41, 5.74) is 0.416. The van der Waals surface area contributed by atoms with Gasteiger partial charge < -0.3 is 4.74 Å². The number of aryl methyl sites for hydroxylation is 1. The van der Waals surface area contributed by atoms with Gasteiger partial charge in [-0.05, 0) is 12.1 Å². The highest BCUT2D eigenvalue weighted by Crippen LogP contribution is 2.27. The molecule has 0 atom stereocenters. The van der Waals surface area contributed by atoms with Crippen LogP contribution < -0.4 is 4.74 Å². The van der Waals surface area contributed by atoms with Gasteiger partial charge in [-0.3, -0.25) is 9.48 Å². The van der Waals surface area contributed by atoms with Crippen LogP contribution in [-0.4, -0.2) is 21.1 Å². The first-order valence-electron chi connectivity index (χ1n) is 4.91. The highest BCUT2D eigenvalue weighted by Gasteiger charge is 2.09. The van der Waals surface area contributed by atoms with Crippen LogP contribution >= 0.6 is 11.6 Å². The number of aromatic nitrogens is 3. The van der Waals surface area contributed by atoms with Gasteiger partial charge >= 0.3 is 0 Å². The Morgan fingerprint density at radius 1 is 1.53 bits per heavy atom. The summed E-state index contributed by atoms with van der Waals surface area (Å²) in [5.74, 6) is 1.02. The van der Waals surface area contributed by atoms with E-state index in [1.54, 1.807) is 29.9 Å². The van der Waals surface area contributed by atoms with Gasteiger partial charge in [-0.15, -0.1) is 0 Å². The summed E-state index contributed by atoms with van der Waals surface area (Å²) in [6, 6.07) is 5.01. The molecule has 1 aromatic heterocycles. The minimum Gasteiger partial charge on any atom is -0.483 e. The van der Waals surface area contributed by atoms with Crippen LogP contribution in [0.25, 0.3) is 0 Å². The average molecular weight is 252 g/mol. The smallest absolute Gasteiger partial charge is 0.164 e. The van der Waals surface area contributed by atoms with Crippen molar-refractivity contribution in [2.24, 2.45) is 7.05 Å². The third-order valence-electron chi connectivity index (χ3n) is 2.28. The van der Waals surface area contributed by atoms with Crippen molar-refractivity contribution >= 4 is 17.9 Å². The molecule has 1 heterocycles. The maximum atomic E-state index is 10.8. The Morgan fingerprint density at radius 2 is 2.35 bits per heavy atom. The molecule has 0 N–H and O–H groups in total. The first-order valence-corrected chi connectivity index (χ1v) is 5.29. The molecule has 0 aliphatic heterocycles. The van der Waals surface area contributed by atoms with E-state index in [1.165, 1.54) is 6.33 Å². The van der Waals surface area contributed by atoms with Crippen LogP contribution in [-0.2, 0) is 13.7 Å². The maximum Gasteiger partial charge on any atom is 0.164 e. The van der Waals surface area contributed by atoms with Gasteiger partial charge in [0.2, 0.25) is 0 Å². The van der Waals surface area contributed by atoms with Gasteiger partial charge in [-0.2, -0.15) is 5.10 Å². The van der Waals surface area contributed by atoms with Crippen LogP contribution in [0.5, 0.6) is 5.75 Å². The number of benzene rings is 1. The summed E-state index contributed by atoms with van der Waals surface area (Å²) in [6.45, 7) is 0.209. The number of para-hydroxylation sites is 1. The quantitative estimate of drug-likeness (QED) is 0.779. The molecule has 0 bridgehead atoms. The second-order valence-corrected chi connectivity index (χ2v) is 3.77. The number of hydrogen-bond acceptors (Lipinski definition) is 4. The molecule has 17 heavy (non-hydrogen) atoms. The molecule has 88 valence electrons. The van der Waals surface area contributed by atoms with Crippen LogP contribution in [0.15, 0.2) is 24.5 Å². The molecular weight excluding hydrogens is 242 g/mol. The van der Waals surface area contributed by atoms with E-state index in [0.29, 0.717) is 28.4 Å². The fourth-order valence-electron chi connectivity index (χ4n) is 1.36. The first kappa shape index (κ1) is 11.6. The summed E-state index contributed by atoms with van der Waals surface area (Å²) in [4.78, 5) is 14.8. The largest absolute Gasteiger partial charge is 0.483 e. The van der Waals surface area contributed by atoms with E-state index in [1.807, 2.05) is 0 Å². The lowest BCUT2D eigenvalue weighted by Crippen LogP contribution is -2.05. The monoisotopic (exact) mass is 251 g/mol. The summed E-state index contributed by atoms with van der Waals surface area (Å²) in [6.07, 6.45) is 2.14. The van der Waals surface area contributed by atoms with E-state index in [0.717, 1.165) is 0 Å². The number of halogens is 1. The Bertz CT molecular complexity index is 539. The molecule has 1 aromatic carbocycles. The summed E-state index contributed by atoms with van der Waals surface area (Å²) < 4.78 is 7.09. The molecule has 0 fully saturated rings. The summed E-state index contributed by atoms with van der Waals surface area (Å²) in [7, 11) is 1.76. The van der Waals surface area contributed by atoms with Crippen molar-refractivity contribution in [2.45, 2.75) is 6.61 Å². The van der Waals surface area contributed by atoms with Gasteiger partial charge in [0.05, 0.1) is 10.6 Å². The normalized spacial score (nSPS) is 10.2. The number of hydrogen-bond donors (Lipinski definition) is 0. The molecule has 5 nitrogen and oxygen atoms in total. The van der Waals surface area contributed by atoms with Crippen molar-refractivity contribution in [3.63, 3.8) is 0 Å². The Kier molecular flexibility index (Phi) is 3.39. The molecule has 0 unspecified atom stereocenters. The molecule has 0 saturated carbocycles. The molecule has 0 aliphatic carbocycles. The van der Waals surface area contributed by atoms with E-state index in [4.69, 9.17) is 16.3 Å². The van der Waals surface area contributed by atoms with Crippen molar-refractivity contribution in [2.75, 3.05) is 0 Å². The van der Waals surface area contributed by atoms with Crippen molar-refractivity contribution in [3.05, 3.63) is 40.9 Å². The van der Waals surface area contributed by atoms with Gasteiger partial charge in [0.15, 0.2) is 12.1 Å². The van der Waals surface area contributed by atoms with Gasteiger partial charge in [0, 0.05) is 7.05 Å². The molecule has 2 rings (SSSR count). The molecular formula is C11H10ClN3O2. The highest BCUT2D eigenvalue weighted by atomic mass is 35.5. The predicted molar refractivity (Wildman–Crippen MR) is 62.2 cm³/mol. The van der Waals surface area contributed by atoms with Gasteiger partial charge in [0.25, 0.3) is 0 Å². The van der Waals surface area contributed by atoms with Crippen LogP contribution in [0.3, 0.4) is 0 Å². The second-order valence-electron chi connectivity index (χ2n) is 3.36. The fourth-order valence-corrected chi connectivity index (χ4v) is 1.59. The van der Waals surface area contributed by atoms with Crippen LogP contribution in [0, 0.1) is 0 Å². The molecule has 0 radical (unpaired) electrons. The van der Waals surface area contributed by atoms with Crippen molar-refractivity contribution in [3.8, 4) is 5.75 Å². The summed E-state index contributed by atoms with van der Waals surface area (Å²) in [5, 5.41) is 4.32. The third kappa shape index (κ3) is 2.45. The van der Waals surface area contributed by atoms with Crippen LogP contribution in [0.4, 0.5) is 0 Å². The number of rotatable bonds is 4. The number of aldehydes is 1. The minimum absolute atomic E-state index is 0.209. The van der Waals surface area contributed by atoms with E-state index in [9.17, 15) is 4.79 Å². The second kappa shape index (κ2) is 4.97. The van der Waals surface area contributed by atoms with Crippen LogP contribution in [0.1, 0.15) is 16.2 Å². The molecule has 6 heteroatoms. The number of ether oxygens (including phenoxy) is 1. The number of nitrogens with zero attached hydrogens (tertiary/aromatic N) is 3. The van der Waals surface area contributed by atoms with E-state index >= 15 is 0 Å². The van der Waals surface area contributed by atoms with E-state index in [-0.39, 0.29) is 6.61 Å². The van der Waals surface area contributed by atoms with Crippen molar-refractivity contribution in [1.82, 2.24) is 14.8 Å². The summed E-state index contributed by atoms with van der Waals surface area (Å²) >= 11 is 5.96. The van der Waals surface area contributed by atoms with Crippen molar-refractivity contribution < 1.29 is 9.53 Å². The molecule has 0 saturated heterocycles. The lowest BCUT2D eigenvalue weighted by Gasteiger charge is -2.09. The predicted octanol–water partition coefficient (Wildman–Crippen LogP) is 1.86. The zero-order valence-electron chi connectivity index (χ0n) is 9.13. The van der Waals surface area contributed by atoms with Crippen LogP contribution in [0.2, 0.25) is 5.02 Å². The molecule has 0 aliphatic rings. The van der Waals surface area contributed by atoms with E-state index in [2.05, 4.69) is 10.1 Å². The zero-order chi connectivity index (χ0) is 12.3. The highest BCUT2D eigenvalue weighted by molar-refractivity contribution is 6.32. The minimum atomic E-state index is 0.209. The SMILES string of the molecule is Cn1ncnc1COc1c(Cl)cccc1C=O. The zero-order valence-corrected chi connectivity index (χ0v) is 9.89. The Labute approximate surface area is 103 Å². The first-order chi connectivity index (χ1) is 8.22. The third-order valence-corrected chi connectivity index (χ3v) is 2.57. The average Bonchev–Trinajstić information content (AvgIpc) is 2.73. The maximum absolute atomic E-state index is 10.8.